The van der Waals surface area contributed by atoms with E-state index in [1.165, 1.54) is 4.90 Å². The van der Waals surface area contributed by atoms with E-state index in [0.29, 0.717) is 32.2 Å². The van der Waals surface area contributed by atoms with Gasteiger partial charge in [-0.15, -0.1) is 0 Å². The van der Waals surface area contributed by atoms with Gasteiger partial charge < -0.3 is 14.7 Å². The highest BCUT2D eigenvalue weighted by Crippen LogP contribution is 2.19. The number of amides is 1. The highest BCUT2D eigenvalue weighted by atomic mass is 16.5. The zero-order valence-electron chi connectivity index (χ0n) is 13.0. The molecule has 1 saturated heterocycles. The van der Waals surface area contributed by atoms with E-state index in [1.807, 2.05) is 24.3 Å². The smallest absolute Gasteiger partial charge is 0.407 e. The quantitative estimate of drug-likeness (QED) is 0.829. The Bertz CT molecular complexity index is 677. The summed E-state index contributed by atoms with van der Waals surface area (Å²) in [6, 6.07) is 7.82. The van der Waals surface area contributed by atoms with Gasteiger partial charge in [-0.1, -0.05) is 0 Å². The molecule has 122 valence electrons. The van der Waals surface area contributed by atoms with Crippen LogP contribution in [0.15, 0.2) is 30.5 Å². The lowest BCUT2D eigenvalue weighted by atomic mass is 10.1. The van der Waals surface area contributed by atoms with E-state index in [2.05, 4.69) is 9.97 Å². The van der Waals surface area contributed by atoms with Gasteiger partial charge in [0.05, 0.1) is 17.6 Å². The summed E-state index contributed by atoms with van der Waals surface area (Å²) in [6.07, 6.45) is 3.58. The molecule has 0 unspecified atom stereocenters. The Morgan fingerprint density at radius 3 is 3.04 bits per heavy atom. The molecule has 1 aliphatic rings. The maximum absolute atomic E-state index is 10.9. The van der Waals surface area contributed by atoms with Crippen molar-refractivity contribution in [2.45, 2.75) is 19.3 Å². The van der Waals surface area contributed by atoms with Gasteiger partial charge in [-0.05, 0) is 43.0 Å². The van der Waals surface area contributed by atoms with Gasteiger partial charge in [0.2, 0.25) is 0 Å². The summed E-state index contributed by atoms with van der Waals surface area (Å²) in [5.41, 5.74) is 2.81. The second kappa shape index (κ2) is 7.37. The van der Waals surface area contributed by atoms with E-state index in [0.717, 1.165) is 36.0 Å². The third-order valence-corrected chi connectivity index (χ3v) is 4.24. The van der Waals surface area contributed by atoms with Gasteiger partial charge >= 0.3 is 6.09 Å². The molecule has 0 saturated carbocycles. The molecular formula is C17H21N3O3. The number of rotatable bonds is 6. The van der Waals surface area contributed by atoms with Crippen molar-refractivity contribution in [2.75, 3.05) is 26.3 Å². The lowest BCUT2D eigenvalue weighted by Gasteiger charge is -2.12. The van der Waals surface area contributed by atoms with Crippen LogP contribution in [0.2, 0.25) is 0 Å². The standard InChI is InChI=1S/C17H21N3O3/c21-17(22)20-9-5-13(12-20)6-10-23-11-7-14-3-4-15-16(19-14)2-1-8-18-15/h1-4,8,13H,5-7,9-12H2,(H,21,22)/t13-/m0/s1. The number of ether oxygens (including phenoxy) is 1. The molecule has 0 aromatic carbocycles. The summed E-state index contributed by atoms with van der Waals surface area (Å²) < 4.78 is 5.69. The molecule has 23 heavy (non-hydrogen) atoms. The van der Waals surface area contributed by atoms with E-state index in [4.69, 9.17) is 9.84 Å². The first-order chi connectivity index (χ1) is 11.2. The Kier molecular flexibility index (Phi) is 5.02. The Morgan fingerprint density at radius 1 is 1.30 bits per heavy atom. The number of hydrogen-bond donors (Lipinski definition) is 1. The second-order valence-electron chi connectivity index (χ2n) is 5.88. The topological polar surface area (TPSA) is 75.5 Å². The predicted molar refractivity (Wildman–Crippen MR) is 86.4 cm³/mol. The number of pyridine rings is 2. The summed E-state index contributed by atoms with van der Waals surface area (Å²) >= 11 is 0. The van der Waals surface area contributed by atoms with E-state index < -0.39 is 6.09 Å². The van der Waals surface area contributed by atoms with Crippen molar-refractivity contribution in [3.63, 3.8) is 0 Å². The number of nitrogens with zero attached hydrogens (tertiary/aromatic N) is 3. The van der Waals surface area contributed by atoms with E-state index in [9.17, 15) is 4.79 Å². The molecule has 1 amide bonds. The zero-order valence-corrected chi connectivity index (χ0v) is 13.0. The Labute approximate surface area is 135 Å². The molecular weight excluding hydrogens is 294 g/mol. The summed E-state index contributed by atoms with van der Waals surface area (Å²) in [4.78, 5) is 21.2. The van der Waals surface area contributed by atoms with Crippen LogP contribution < -0.4 is 0 Å². The molecule has 1 atom stereocenters. The monoisotopic (exact) mass is 315 g/mol. The SMILES string of the molecule is O=C(O)N1CC[C@@H](CCOCCc2ccc3ncccc3n2)C1. The van der Waals surface area contributed by atoms with Crippen LogP contribution in [0.1, 0.15) is 18.5 Å². The molecule has 6 heteroatoms. The van der Waals surface area contributed by atoms with Gasteiger partial charge in [0.1, 0.15) is 0 Å². The lowest BCUT2D eigenvalue weighted by molar-refractivity contribution is 0.121. The molecule has 1 fully saturated rings. The Balaban J connectivity index is 1.37. The fourth-order valence-corrected chi connectivity index (χ4v) is 2.91. The highest BCUT2D eigenvalue weighted by Gasteiger charge is 2.25. The van der Waals surface area contributed by atoms with Gasteiger partial charge in [-0.2, -0.15) is 0 Å². The molecule has 3 rings (SSSR count). The molecule has 3 heterocycles. The molecule has 6 nitrogen and oxygen atoms in total. The van der Waals surface area contributed by atoms with Crippen molar-refractivity contribution in [2.24, 2.45) is 5.92 Å². The van der Waals surface area contributed by atoms with Crippen molar-refractivity contribution < 1.29 is 14.6 Å². The number of carbonyl (C=O) groups is 1. The molecule has 0 bridgehead atoms. The molecule has 2 aromatic heterocycles. The van der Waals surface area contributed by atoms with Crippen LogP contribution in [0, 0.1) is 5.92 Å². The highest BCUT2D eigenvalue weighted by molar-refractivity contribution is 5.73. The average Bonchev–Trinajstić information content (AvgIpc) is 3.03. The summed E-state index contributed by atoms with van der Waals surface area (Å²) in [7, 11) is 0. The Hall–Kier alpha value is -2.21. The number of carboxylic acid groups (broad SMARTS) is 1. The van der Waals surface area contributed by atoms with Gasteiger partial charge in [0, 0.05) is 38.0 Å². The Morgan fingerprint density at radius 2 is 2.22 bits per heavy atom. The largest absolute Gasteiger partial charge is 0.465 e. The first-order valence-corrected chi connectivity index (χ1v) is 7.98. The third kappa shape index (κ3) is 4.16. The molecule has 0 radical (unpaired) electrons. The summed E-state index contributed by atoms with van der Waals surface area (Å²) in [5, 5.41) is 8.93. The van der Waals surface area contributed by atoms with E-state index in [-0.39, 0.29) is 0 Å². The van der Waals surface area contributed by atoms with Crippen molar-refractivity contribution in [1.29, 1.82) is 0 Å². The third-order valence-electron chi connectivity index (χ3n) is 4.24. The normalized spacial score (nSPS) is 17.7. The second-order valence-corrected chi connectivity index (χ2v) is 5.88. The number of fused-ring (bicyclic) bond motifs is 1. The minimum atomic E-state index is -0.815. The van der Waals surface area contributed by atoms with Crippen LogP contribution in [0.3, 0.4) is 0 Å². The summed E-state index contributed by atoms with van der Waals surface area (Å²) in [5.74, 6) is 0.427. The van der Waals surface area contributed by atoms with E-state index >= 15 is 0 Å². The average molecular weight is 315 g/mol. The van der Waals surface area contributed by atoms with Crippen molar-refractivity contribution >= 4 is 17.1 Å². The van der Waals surface area contributed by atoms with Crippen LogP contribution in [0.5, 0.6) is 0 Å². The van der Waals surface area contributed by atoms with Gasteiger partial charge in [0.15, 0.2) is 0 Å². The zero-order chi connectivity index (χ0) is 16.1. The minimum absolute atomic E-state index is 0.427. The first kappa shape index (κ1) is 15.7. The van der Waals surface area contributed by atoms with E-state index in [1.54, 1.807) is 6.20 Å². The van der Waals surface area contributed by atoms with Crippen LogP contribution in [-0.4, -0.2) is 52.4 Å². The van der Waals surface area contributed by atoms with Crippen LogP contribution >= 0.6 is 0 Å². The fourth-order valence-electron chi connectivity index (χ4n) is 2.91. The minimum Gasteiger partial charge on any atom is -0.465 e. The first-order valence-electron chi connectivity index (χ1n) is 7.98. The molecule has 1 N–H and O–H groups in total. The number of likely N-dealkylation sites (tertiary alicyclic amines) is 1. The summed E-state index contributed by atoms with van der Waals surface area (Å²) in [6.45, 7) is 2.59. The number of hydrogen-bond acceptors (Lipinski definition) is 4. The van der Waals surface area contributed by atoms with Crippen LogP contribution in [-0.2, 0) is 11.2 Å². The van der Waals surface area contributed by atoms with Crippen molar-refractivity contribution in [3.8, 4) is 0 Å². The molecule has 1 aliphatic heterocycles. The van der Waals surface area contributed by atoms with Crippen molar-refractivity contribution in [1.82, 2.24) is 14.9 Å². The van der Waals surface area contributed by atoms with Gasteiger partial charge in [-0.3, -0.25) is 9.97 Å². The van der Waals surface area contributed by atoms with Gasteiger partial charge in [-0.25, -0.2) is 4.79 Å². The predicted octanol–water partition coefficient (Wildman–Crippen LogP) is 2.58. The molecule has 2 aromatic rings. The van der Waals surface area contributed by atoms with Crippen molar-refractivity contribution in [3.05, 3.63) is 36.2 Å². The van der Waals surface area contributed by atoms with Crippen LogP contribution in [0.4, 0.5) is 4.79 Å². The fraction of sp³-hybridized carbons (Fsp3) is 0.471. The maximum Gasteiger partial charge on any atom is 0.407 e. The lowest BCUT2D eigenvalue weighted by Crippen LogP contribution is -2.26. The maximum atomic E-state index is 10.9. The molecule has 0 spiro atoms. The van der Waals surface area contributed by atoms with Crippen LogP contribution in [0.25, 0.3) is 11.0 Å². The number of aromatic nitrogens is 2. The van der Waals surface area contributed by atoms with Gasteiger partial charge in [0.25, 0.3) is 0 Å². The molecule has 0 aliphatic carbocycles.